The number of hydrogen-bond acceptors (Lipinski definition) is 1. The first-order valence-corrected chi connectivity index (χ1v) is 5.22. The van der Waals surface area contributed by atoms with Gasteiger partial charge in [0, 0.05) is 5.56 Å². The molecule has 0 fully saturated rings. The van der Waals surface area contributed by atoms with Crippen LogP contribution in [0, 0.1) is 11.6 Å². The molecule has 1 rings (SSSR count). The number of rotatable bonds is 2. The Bertz CT molecular complexity index is 352. The summed E-state index contributed by atoms with van der Waals surface area (Å²) in [5, 5.41) is 0.0800. The molecule has 0 aliphatic heterocycles. The fraction of sp³-hybridized carbons (Fsp3) is 0.125. The minimum Gasteiger partial charge on any atom is -0.293 e. The number of Topliss-reactive ketones (excluding diaryl/α,β-unsaturated/α-hetero) is 1. The molecule has 0 aliphatic carbocycles. The van der Waals surface area contributed by atoms with Crippen molar-refractivity contribution >= 4 is 37.6 Å². The third kappa shape index (κ3) is 2.14. The molecule has 0 aromatic heterocycles. The highest BCUT2D eigenvalue weighted by atomic mass is 79.9. The maximum absolute atomic E-state index is 12.9. The molecule has 5 heteroatoms. The van der Waals surface area contributed by atoms with Gasteiger partial charge in [-0.25, -0.2) is 8.78 Å². The lowest BCUT2D eigenvalue weighted by molar-refractivity contribution is 0.102. The minimum atomic E-state index is -1.04. The molecule has 0 saturated heterocycles. The quantitative estimate of drug-likeness (QED) is 0.465. The van der Waals surface area contributed by atoms with Crippen LogP contribution in [0.5, 0.6) is 0 Å². The first-order chi connectivity index (χ1) is 6.07. The molecule has 0 spiro atoms. The molecule has 13 heavy (non-hydrogen) atoms. The SMILES string of the molecule is O=C(CBr)c1ccc(F)c(F)c1Br. The summed E-state index contributed by atoms with van der Waals surface area (Å²) >= 11 is 5.76. The summed E-state index contributed by atoms with van der Waals surface area (Å²) in [7, 11) is 0. The number of benzene rings is 1. The van der Waals surface area contributed by atoms with Gasteiger partial charge in [0.1, 0.15) is 0 Å². The highest BCUT2D eigenvalue weighted by Crippen LogP contribution is 2.23. The van der Waals surface area contributed by atoms with Crippen molar-refractivity contribution in [3.05, 3.63) is 33.8 Å². The first-order valence-electron chi connectivity index (χ1n) is 3.30. The smallest absolute Gasteiger partial charge is 0.174 e. The van der Waals surface area contributed by atoms with E-state index in [2.05, 4.69) is 31.9 Å². The third-order valence-corrected chi connectivity index (χ3v) is 2.74. The van der Waals surface area contributed by atoms with Crippen LogP contribution in [0.2, 0.25) is 0 Å². The van der Waals surface area contributed by atoms with Crippen LogP contribution in [-0.2, 0) is 0 Å². The Balaban J connectivity index is 3.26. The first kappa shape index (κ1) is 10.8. The maximum atomic E-state index is 12.9. The summed E-state index contributed by atoms with van der Waals surface area (Å²) in [4.78, 5) is 11.1. The van der Waals surface area contributed by atoms with E-state index < -0.39 is 11.6 Å². The lowest BCUT2D eigenvalue weighted by atomic mass is 10.1. The van der Waals surface area contributed by atoms with Gasteiger partial charge in [0.25, 0.3) is 0 Å². The molecule has 0 heterocycles. The Morgan fingerprint density at radius 1 is 1.38 bits per heavy atom. The van der Waals surface area contributed by atoms with Crippen LogP contribution in [0.25, 0.3) is 0 Å². The summed E-state index contributed by atoms with van der Waals surface area (Å²) in [6, 6.07) is 2.17. The molecular formula is C8H4Br2F2O. The molecule has 0 saturated carbocycles. The van der Waals surface area contributed by atoms with Crippen molar-refractivity contribution in [3.63, 3.8) is 0 Å². The lowest BCUT2D eigenvalue weighted by Gasteiger charge is -2.02. The summed E-state index contributed by atoms with van der Waals surface area (Å²) in [6.07, 6.45) is 0. The van der Waals surface area contributed by atoms with E-state index in [-0.39, 0.29) is 21.1 Å². The van der Waals surface area contributed by atoms with Crippen LogP contribution in [0.4, 0.5) is 8.78 Å². The van der Waals surface area contributed by atoms with Crippen LogP contribution in [0.15, 0.2) is 16.6 Å². The molecule has 1 nitrogen and oxygen atoms in total. The zero-order chi connectivity index (χ0) is 10.0. The van der Waals surface area contributed by atoms with Crippen molar-refractivity contribution in [3.8, 4) is 0 Å². The van der Waals surface area contributed by atoms with Gasteiger partial charge < -0.3 is 0 Å². The van der Waals surface area contributed by atoms with Gasteiger partial charge >= 0.3 is 0 Å². The van der Waals surface area contributed by atoms with Gasteiger partial charge in [-0.05, 0) is 28.1 Å². The van der Waals surface area contributed by atoms with Gasteiger partial charge in [-0.15, -0.1) is 0 Å². The molecule has 0 bridgehead atoms. The summed E-state index contributed by atoms with van der Waals surface area (Å²) < 4.78 is 25.4. The Morgan fingerprint density at radius 2 is 2.00 bits per heavy atom. The Labute approximate surface area is 90.4 Å². The topological polar surface area (TPSA) is 17.1 Å². The van der Waals surface area contributed by atoms with E-state index in [1.54, 1.807) is 0 Å². The molecule has 1 aromatic rings. The fourth-order valence-corrected chi connectivity index (χ4v) is 1.66. The number of ketones is 1. The normalized spacial score (nSPS) is 10.2. The van der Waals surface area contributed by atoms with Crippen LogP contribution in [0.1, 0.15) is 10.4 Å². The van der Waals surface area contributed by atoms with Gasteiger partial charge in [-0.1, -0.05) is 15.9 Å². The maximum Gasteiger partial charge on any atom is 0.174 e. The molecule has 1 aromatic carbocycles. The van der Waals surface area contributed by atoms with E-state index in [4.69, 9.17) is 0 Å². The zero-order valence-electron chi connectivity index (χ0n) is 6.28. The average molecular weight is 314 g/mol. The standard InChI is InChI=1S/C8H4Br2F2O/c9-3-6(13)4-1-2-5(11)8(12)7(4)10/h1-2H,3H2. The molecule has 0 unspecified atom stereocenters. The molecule has 0 N–H and O–H groups in total. The Kier molecular flexibility index (Phi) is 3.55. The molecule has 0 amide bonds. The second kappa shape index (κ2) is 4.28. The highest BCUT2D eigenvalue weighted by molar-refractivity contribution is 9.10. The molecular weight excluding hydrogens is 310 g/mol. The van der Waals surface area contributed by atoms with Crippen molar-refractivity contribution in [2.24, 2.45) is 0 Å². The van der Waals surface area contributed by atoms with E-state index in [0.29, 0.717) is 0 Å². The second-order valence-electron chi connectivity index (χ2n) is 2.28. The number of hydrogen-bond donors (Lipinski definition) is 0. The van der Waals surface area contributed by atoms with Gasteiger partial charge in [0.05, 0.1) is 9.80 Å². The van der Waals surface area contributed by atoms with Gasteiger partial charge in [0.2, 0.25) is 0 Å². The van der Waals surface area contributed by atoms with E-state index in [0.717, 1.165) is 6.07 Å². The van der Waals surface area contributed by atoms with E-state index in [1.807, 2.05) is 0 Å². The van der Waals surface area contributed by atoms with Crippen molar-refractivity contribution < 1.29 is 13.6 Å². The molecule has 70 valence electrons. The summed E-state index contributed by atoms with van der Waals surface area (Å²) in [5.41, 5.74) is 0.135. The monoisotopic (exact) mass is 312 g/mol. The fourth-order valence-electron chi connectivity index (χ4n) is 0.813. The van der Waals surface area contributed by atoms with Crippen LogP contribution < -0.4 is 0 Å². The predicted molar refractivity (Wildman–Crippen MR) is 52.2 cm³/mol. The minimum absolute atomic E-state index is 0.0800. The molecule has 0 aliphatic rings. The summed E-state index contributed by atoms with van der Waals surface area (Å²) in [5.74, 6) is -2.31. The van der Waals surface area contributed by atoms with Crippen molar-refractivity contribution in [2.45, 2.75) is 0 Å². The molecule has 0 radical (unpaired) electrons. The Morgan fingerprint density at radius 3 is 2.54 bits per heavy atom. The van der Waals surface area contributed by atoms with Crippen LogP contribution in [-0.4, -0.2) is 11.1 Å². The predicted octanol–water partition coefficient (Wildman–Crippen LogP) is 3.30. The number of halogens is 4. The van der Waals surface area contributed by atoms with Gasteiger partial charge in [-0.3, -0.25) is 4.79 Å². The number of carbonyl (C=O) groups excluding carboxylic acids is 1. The Hall–Kier alpha value is -0.290. The van der Waals surface area contributed by atoms with Crippen molar-refractivity contribution in [2.75, 3.05) is 5.33 Å². The van der Waals surface area contributed by atoms with Crippen LogP contribution in [0.3, 0.4) is 0 Å². The average Bonchev–Trinajstić information content (AvgIpc) is 2.13. The third-order valence-electron chi connectivity index (χ3n) is 1.46. The lowest BCUT2D eigenvalue weighted by Crippen LogP contribution is -2.03. The van der Waals surface area contributed by atoms with Crippen molar-refractivity contribution in [1.82, 2.24) is 0 Å². The van der Waals surface area contributed by atoms with Gasteiger partial charge in [-0.2, -0.15) is 0 Å². The van der Waals surface area contributed by atoms with Gasteiger partial charge in [0.15, 0.2) is 17.4 Å². The second-order valence-corrected chi connectivity index (χ2v) is 3.63. The number of alkyl halides is 1. The van der Waals surface area contributed by atoms with E-state index in [1.165, 1.54) is 6.07 Å². The van der Waals surface area contributed by atoms with E-state index in [9.17, 15) is 13.6 Å². The zero-order valence-corrected chi connectivity index (χ0v) is 9.45. The molecule has 0 atom stereocenters. The number of carbonyl (C=O) groups is 1. The van der Waals surface area contributed by atoms with E-state index >= 15 is 0 Å². The largest absolute Gasteiger partial charge is 0.293 e. The van der Waals surface area contributed by atoms with Crippen molar-refractivity contribution in [1.29, 1.82) is 0 Å². The van der Waals surface area contributed by atoms with Crippen LogP contribution >= 0.6 is 31.9 Å². The highest BCUT2D eigenvalue weighted by Gasteiger charge is 2.15. The summed E-state index contributed by atoms with van der Waals surface area (Å²) in [6.45, 7) is 0.